The first kappa shape index (κ1) is 14.5. The van der Waals surface area contributed by atoms with Crippen molar-refractivity contribution < 1.29 is 13.9 Å². The molecule has 0 fully saturated rings. The first-order chi connectivity index (χ1) is 10.5. The van der Waals surface area contributed by atoms with Crippen molar-refractivity contribution >= 4 is 11.6 Å². The normalized spacial score (nSPS) is 17.8. The highest BCUT2D eigenvalue weighted by atomic mass is 19.1. The zero-order chi connectivity index (χ0) is 15.9. The second kappa shape index (κ2) is 5.42. The third kappa shape index (κ3) is 2.33. The smallest absolute Gasteiger partial charge is 0.231 e. The van der Waals surface area contributed by atoms with Crippen LogP contribution in [0.1, 0.15) is 35.6 Å². The van der Waals surface area contributed by atoms with Crippen molar-refractivity contribution in [3.8, 4) is 5.75 Å². The van der Waals surface area contributed by atoms with E-state index in [0.717, 1.165) is 5.56 Å². The lowest BCUT2D eigenvalue weighted by Gasteiger charge is -2.16. The zero-order valence-corrected chi connectivity index (χ0v) is 12.4. The van der Waals surface area contributed by atoms with Gasteiger partial charge in [-0.15, -0.1) is 0 Å². The molecule has 2 unspecified atom stereocenters. The van der Waals surface area contributed by atoms with E-state index in [1.165, 1.54) is 6.07 Å². The average Bonchev–Trinajstić information content (AvgIpc) is 2.83. The number of methoxy groups -OCH3 is 1. The summed E-state index contributed by atoms with van der Waals surface area (Å²) in [5.74, 6) is -0.327. The Kier molecular flexibility index (Phi) is 3.58. The molecule has 1 amide bonds. The van der Waals surface area contributed by atoms with Crippen molar-refractivity contribution in [1.82, 2.24) is 0 Å². The molecule has 0 spiro atoms. The van der Waals surface area contributed by atoms with Gasteiger partial charge in [-0.3, -0.25) is 4.79 Å². The van der Waals surface area contributed by atoms with Crippen molar-refractivity contribution in [2.75, 3.05) is 12.4 Å². The molecule has 2 aromatic rings. The van der Waals surface area contributed by atoms with E-state index in [2.05, 4.69) is 5.32 Å². The first-order valence-electron chi connectivity index (χ1n) is 7.05. The van der Waals surface area contributed by atoms with Crippen molar-refractivity contribution in [1.29, 1.82) is 0 Å². The van der Waals surface area contributed by atoms with E-state index >= 15 is 0 Å². The molecule has 0 saturated carbocycles. The number of nitrogens with one attached hydrogen (secondary N) is 1. The number of hydrogen-bond donors (Lipinski definition) is 2. The van der Waals surface area contributed by atoms with E-state index in [0.29, 0.717) is 16.9 Å². The Labute approximate surface area is 128 Å². The highest BCUT2D eigenvalue weighted by Gasteiger charge is 2.30. The number of benzene rings is 2. The van der Waals surface area contributed by atoms with Gasteiger partial charge in [0.25, 0.3) is 0 Å². The molecule has 4 nitrogen and oxygen atoms in total. The fourth-order valence-electron chi connectivity index (χ4n) is 2.70. The minimum absolute atomic E-state index is 0.194. The summed E-state index contributed by atoms with van der Waals surface area (Å²) in [5, 5.41) is 2.56. The van der Waals surface area contributed by atoms with Crippen LogP contribution in [-0.2, 0) is 4.79 Å². The van der Waals surface area contributed by atoms with E-state index in [1.54, 1.807) is 20.1 Å². The van der Waals surface area contributed by atoms with E-state index < -0.39 is 11.9 Å². The number of nitrogens with two attached hydrogens (primary N) is 1. The predicted octanol–water partition coefficient (Wildman–Crippen LogP) is 2.94. The molecule has 0 radical (unpaired) electrons. The zero-order valence-electron chi connectivity index (χ0n) is 12.4. The molecular weight excluding hydrogens is 283 g/mol. The van der Waals surface area contributed by atoms with Gasteiger partial charge in [0.1, 0.15) is 11.6 Å². The van der Waals surface area contributed by atoms with Crippen LogP contribution in [-0.4, -0.2) is 13.0 Å². The maximum absolute atomic E-state index is 14.2. The lowest BCUT2D eigenvalue weighted by molar-refractivity contribution is -0.116. The van der Waals surface area contributed by atoms with Gasteiger partial charge in [-0.05, 0) is 41.8 Å². The van der Waals surface area contributed by atoms with Crippen LogP contribution in [0.4, 0.5) is 10.1 Å². The van der Waals surface area contributed by atoms with Crippen LogP contribution in [0.5, 0.6) is 5.75 Å². The van der Waals surface area contributed by atoms with Crippen LogP contribution in [0.15, 0.2) is 36.4 Å². The number of fused-ring (bicyclic) bond motifs is 1. The van der Waals surface area contributed by atoms with Crippen molar-refractivity contribution in [2.24, 2.45) is 5.73 Å². The molecular formula is C17H17FN2O2. The van der Waals surface area contributed by atoms with Gasteiger partial charge in [0.2, 0.25) is 5.91 Å². The highest BCUT2D eigenvalue weighted by Crippen LogP contribution is 2.37. The molecule has 114 valence electrons. The maximum atomic E-state index is 14.2. The van der Waals surface area contributed by atoms with Crippen LogP contribution in [0.25, 0.3) is 0 Å². The number of carbonyl (C=O) groups excluding carboxylic acids is 1. The van der Waals surface area contributed by atoms with Gasteiger partial charge >= 0.3 is 0 Å². The Balaban J connectivity index is 2.02. The van der Waals surface area contributed by atoms with Crippen LogP contribution in [0, 0.1) is 5.82 Å². The molecule has 1 heterocycles. The standard InChI is InChI=1S/C17H17FN2O2/c1-9-13-7-11(8-14(18)16(13)20-17(9)21)15(19)10-4-3-5-12(6-10)22-2/h3-9,15H,19H2,1-2H3,(H,20,21). The predicted molar refractivity (Wildman–Crippen MR) is 82.5 cm³/mol. The van der Waals surface area contributed by atoms with Gasteiger partial charge in [0, 0.05) is 0 Å². The van der Waals surface area contributed by atoms with E-state index in [9.17, 15) is 9.18 Å². The number of anilines is 1. The van der Waals surface area contributed by atoms with Gasteiger partial charge in [-0.25, -0.2) is 4.39 Å². The van der Waals surface area contributed by atoms with Gasteiger partial charge in [-0.2, -0.15) is 0 Å². The molecule has 3 rings (SSSR count). The largest absolute Gasteiger partial charge is 0.497 e. The maximum Gasteiger partial charge on any atom is 0.231 e. The van der Waals surface area contributed by atoms with Crippen LogP contribution in [0.2, 0.25) is 0 Å². The first-order valence-corrected chi connectivity index (χ1v) is 7.05. The van der Waals surface area contributed by atoms with E-state index in [4.69, 9.17) is 10.5 Å². The molecule has 2 atom stereocenters. The molecule has 0 saturated heterocycles. The van der Waals surface area contributed by atoms with Gasteiger partial charge < -0.3 is 15.8 Å². The minimum atomic E-state index is -0.488. The Morgan fingerprint density at radius 1 is 1.27 bits per heavy atom. The molecule has 2 aromatic carbocycles. The molecule has 1 aliphatic heterocycles. The van der Waals surface area contributed by atoms with Gasteiger partial charge in [0.15, 0.2) is 0 Å². The topological polar surface area (TPSA) is 64.3 Å². The van der Waals surface area contributed by atoms with Crippen LogP contribution >= 0.6 is 0 Å². The summed E-state index contributed by atoms with van der Waals surface area (Å²) < 4.78 is 19.4. The third-order valence-electron chi connectivity index (χ3n) is 4.06. The fraction of sp³-hybridized carbons (Fsp3) is 0.235. The number of ether oxygens (including phenoxy) is 1. The SMILES string of the molecule is COc1cccc(C(N)c2cc(F)c3c(c2)C(C)C(=O)N3)c1. The minimum Gasteiger partial charge on any atom is -0.497 e. The second-order valence-electron chi connectivity index (χ2n) is 5.43. The van der Waals surface area contributed by atoms with Gasteiger partial charge in [0.05, 0.1) is 24.8 Å². The second-order valence-corrected chi connectivity index (χ2v) is 5.43. The molecule has 0 aromatic heterocycles. The molecule has 0 aliphatic carbocycles. The molecule has 1 aliphatic rings. The molecule has 0 bridgehead atoms. The number of hydrogen-bond acceptors (Lipinski definition) is 3. The molecule has 5 heteroatoms. The lowest BCUT2D eigenvalue weighted by atomic mass is 9.94. The fourth-order valence-corrected chi connectivity index (χ4v) is 2.70. The lowest BCUT2D eigenvalue weighted by Crippen LogP contribution is -2.13. The molecule has 3 N–H and O–H groups in total. The summed E-state index contributed by atoms with van der Waals surface area (Å²) in [6, 6.07) is 10.0. The molecule has 22 heavy (non-hydrogen) atoms. The summed E-state index contributed by atoms with van der Waals surface area (Å²) in [7, 11) is 1.58. The van der Waals surface area contributed by atoms with Gasteiger partial charge in [-0.1, -0.05) is 18.2 Å². The summed E-state index contributed by atoms with van der Waals surface area (Å²) >= 11 is 0. The summed E-state index contributed by atoms with van der Waals surface area (Å²) in [6.45, 7) is 1.75. The van der Waals surface area contributed by atoms with Crippen molar-refractivity contribution in [2.45, 2.75) is 18.9 Å². The number of rotatable bonds is 3. The Morgan fingerprint density at radius 3 is 2.77 bits per heavy atom. The monoisotopic (exact) mass is 300 g/mol. The number of halogens is 1. The van der Waals surface area contributed by atoms with Crippen molar-refractivity contribution in [3.63, 3.8) is 0 Å². The number of carbonyl (C=O) groups is 1. The summed E-state index contributed by atoms with van der Waals surface area (Å²) in [4.78, 5) is 11.7. The Morgan fingerprint density at radius 2 is 2.05 bits per heavy atom. The quantitative estimate of drug-likeness (QED) is 0.916. The summed E-state index contributed by atoms with van der Waals surface area (Å²) in [6.07, 6.45) is 0. The van der Waals surface area contributed by atoms with Crippen LogP contribution < -0.4 is 15.8 Å². The van der Waals surface area contributed by atoms with E-state index in [1.807, 2.05) is 24.3 Å². The Hall–Kier alpha value is -2.40. The average molecular weight is 300 g/mol. The highest BCUT2D eigenvalue weighted by molar-refractivity contribution is 6.02. The van der Waals surface area contributed by atoms with Crippen LogP contribution in [0.3, 0.4) is 0 Å². The van der Waals surface area contributed by atoms with Crippen molar-refractivity contribution in [3.05, 3.63) is 58.9 Å². The number of amides is 1. The third-order valence-corrected chi connectivity index (χ3v) is 4.06. The Bertz CT molecular complexity index is 745. The summed E-state index contributed by atoms with van der Waals surface area (Å²) in [5.41, 5.74) is 8.62. The van der Waals surface area contributed by atoms with E-state index in [-0.39, 0.29) is 17.5 Å².